The van der Waals surface area contributed by atoms with Gasteiger partial charge in [-0.05, 0) is 32.0 Å². The van der Waals surface area contributed by atoms with Crippen LogP contribution in [0.15, 0.2) is 29.2 Å². The van der Waals surface area contributed by atoms with Gasteiger partial charge in [0.25, 0.3) is 5.72 Å². The van der Waals surface area contributed by atoms with E-state index in [1.165, 1.54) is 12.1 Å². The molecule has 0 amide bonds. The van der Waals surface area contributed by atoms with Crippen molar-refractivity contribution in [3.8, 4) is 0 Å². The second-order valence-corrected chi connectivity index (χ2v) is 6.64. The predicted molar refractivity (Wildman–Crippen MR) is 76.2 cm³/mol. The molecule has 0 unspecified atom stereocenters. The SMILES string of the molecule is CC(=O)O[C@]1(C(=O)OS(=O)(=O)c2ccc(C)cc2)CCCN1. The van der Waals surface area contributed by atoms with Crippen molar-refractivity contribution in [3.63, 3.8) is 0 Å². The third-order valence-corrected chi connectivity index (χ3v) is 4.48. The Balaban J connectivity index is 2.22. The number of carbonyl (C=O) groups excluding carboxylic acids is 2. The second-order valence-electron chi connectivity index (χ2n) is 5.09. The van der Waals surface area contributed by atoms with Crippen molar-refractivity contribution < 1.29 is 26.9 Å². The van der Waals surface area contributed by atoms with Gasteiger partial charge in [-0.1, -0.05) is 17.7 Å². The number of aryl methyl sites for hydroxylation is 1. The highest BCUT2D eigenvalue weighted by Gasteiger charge is 2.48. The standard InChI is InChI=1S/C14H17NO6S/c1-10-4-6-12(7-5-10)22(18,19)21-13(17)14(20-11(2)16)8-3-9-15-14/h4-7,15H,3,8-9H2,1-2H3/t14-/m0/s1. The number of rotatable bonds is 4. The van der Waals surface area contributed by atoms with Crippen LogP contribution < -0.4 is 5.32 Å². The maximum Gasteiger partial charge on any atom is 0.382 e. The van der Waals surface area contributed by atoms with Crippen molar-refractivity contribution in [2.75, 3.05) is 6.54 Å². The topological polar surface area (TPSA) is 98.8 Å². The highest BCUT2D eigenvalue weighted by Crippen LogP contribution is 2.25. The van der Waals surface area contributed by atoms with E-state index in [9.17, 15) is 18.0 Å². The molecule has 0 bridgehead atoms. The maximum atomic E-state index is 12.2. The molecule has 1 heterocycles. The molecule has 1 aromatic carbocycles. The van der Waals surface area contributed by atoms with Crippen LogP contribution in [0, 0.1) is 6.92 Å². The van der Waals surface area contributed by atoms with E-state index in [1.807, 2.05) is 0 Å². The summed E-state index contributed by atoms with van der Waals surface area (Å²) >= 11 is 0. The highest BCUT2D eigenvalue weighted by atomic mass is 32.2. The van der Waals surface area contributed by atoms with E-state index in [0.29, 0.717) is 13.0 Å². The Bertz CT molecular complexity index is 674. The van der Waals surface area contributed by atoms with Crippen LogP contribution in [0.4, 0.5) is 0 Å². The van der Waals surface area contributed by atoms with Crippen molar-refractivity contribution in [1.82, 2.24) is 5.32 Å². The van der Waals surface area contributed by atoms with E-state index in [0.717, 1.165) is 12.5 Å². The summed E-state index contributed by atoms with van der Waals surface area (Å²) in [5.41, 5.74) is -0.858. The first kappa shape index (κ1) is 16.4. The molecule has 0 aromatic heterocycles. The molecule has 1 atom stereocenters. The number of hydrogen-bond donors (Lipinski definition) is 1. The van der Waals surface area contributed by atoms with Gasteiger partial charge in [-0.15, -0.1) is 0 Å². The molecule has 22 heavy (non-hydrogen) atoms. The largest absolute Gasteiger partial charge is 0.432 e. The van der Waals surface area contributed by atoms with Crippen molar-refractivity contribution in [2.24, 2.45) is 0 Å². The molecule has 0 radical (unpaired) electrons. The minimum atomic E-state index is -4.27. The van der Waals surface area contributed by atoms with E-state index in [1.54, 1.807) is 19.1 Å². The lowest BCUT2D eigenvalue weighted by Gasteiger charge is -2.25. The molecule has 7 nitrogen and oxygen atoms in total. The van der Waals surface area contributed by atoms with E-state index in [2.05, 4.69) is 9.50 Å². The summed E-state index contributed by atoms with van der Waals surface area (Å²) < 4.78 is 33.9. The molecular weight excluding hydrogens is 310 g/mol. The van der Waals surface area contributed by atoms with Gasteiger partial charge in [0.15, 0.2) is 0 Å². The third kappa shape index (κ3) is 3.45. The van der Waals surface area contributed by atoms with Crippen LogP contribution in [0.3, 0.4) is 0 Å². The lowest BCUT2D eigenvalue weighted by Crippen LogP contribution is -2.52. The Morgan fingerprint density at radius 2 is 1.86 bits per heavy atom. The molecule has 1 aliphatic rings. The minimum absolute atomic E-state index is 0.137. The summed E-state index contributed by atoms with van der Waals surface area (Å²) in [6.45, 7) is 3.37. The average Bonchev–Trinajstić information content (AvgIpc) is 2.87. The molecular formula is C14H17NO6S. The van der Waals surface area contributed by atoms with Gasteiger partial charge in [-0.3, -0.25) is 10.1 Å². The van der Waals surface area contributed by atoms with Gasteiger partial charge >= 0.3 is 22.1 Å². The van der Waals surface area contributed by atoms with Crippen LogP contribution in [0.25, 0.3) is 0 Å². The van der Waals surface area contributed by atoms with Crippen LogP contribution in [0.5, 0.6) is 0 Å². The number of hydrogen-bond acceptors (Lipinski definition) is 7. The Morgan fingerprint density at radius 3 is 2.36 bits per heavy atom. The molecule has 8 heteroatoms. The molecule has 1 fully saturated rings. The summed E-state index contributed by atoms with van der Waals surface area (Å²) in [4.78, 5) is 23.2. The minimum Gasteiger partial charge on any atom is -0.432 e. The Morgan fingerprint density at radius 1 is 1.23 bits per heavy atom. The van der Waals surface area contributed by atoms with Gasteiger partial charge in [0.2, 0.25) is 0 Å². The van der Waals surface area contributed by atoms with Crippen molar-refractivity contribution >= 4 is 22.1 Å². The fraction of sp³-hybridized carbons (Fsp3) is 0.429. The quantitative estimate of drug-likeness (QED) is 0.647. The van der Waals surface area contributed by atoms with Gasteiger partial charge in [0.1, 0.15) is 4.90 Å². The zero-order valence-corrected chi connectivity index (χ0v) is 13.1. The summed E-state index contributed by atoms with van der Waals surface area (Å²) in [6, 6.07) is 5.88. The van der Waals surface area contributed by atoms with Crippen molar-refractivity contribution in [2.45, 2.75) is 37.3 Å². The van der Waals surface area contributed by atoms with Crippen molar-refractivity contribution in [1.29, 1.82) is 0 Å². The summed E-state index contributed by atoms with van der Waals surface area (Å²) in [6.07, 6.45) is 0.724. The second kappa shape index (κ2) is 6.05. The van der Waals surface area contributed by atoms with E-state index < -0.39 is 27.8 Å². The molecule has 1 aliphatic heterocycles. The summed E-state index contributed by atoms with van der Waals surface area (Å²) in [5.74, 6) is -1.83. The highest BCUT2D eigenvalue weighted by molar-refractivity contribution is 7.87. The molecule has 0 spiro atoms. The molecule has 120 valence electrons. The number of carbonyl (C=O) groups is 2. The van der Waals surface area contributed by atoms with Gasteiger partial charge in [-0.2, -0.15) is 8.42 Å². The summed E-state index contributed by atoms with van der Waals surface area (Å²) in [7, 11) is -4.27. The summed E-state index contributed by atoms with van der Waals surface area (Å²) in [5, 5.41) is 2.70. The Kier molecular flexibility index (Phi) is 4.52. The first-order valence-corrected chi connectivity index (χ1v) is 8.16. The van der Waals surface area contributed by atoms with Crippen molar-refractivity contribution in [3.05, 3.63) is 29.8 Å². The van der Waals surface area contributed by atoms with Gasteiger partial charge in [0, 0.05) is 13.3 Å². The molecule has 0 saturated carbocycles. The zero-order valence-electron chi connectivity index (χ0n) is 12.3. The third-order valence-electron chi connectivity index (χ3n) is 3.26. The normalized spacial score (nSPS) is 21.4. The molecule has 0 aliphatic carbocycles. The number of esters is 1. The van der Waals surface area contributed by atoms with Crippen LogP contribution in [-0.2, 0) is 28.6 Å². The first-order chi connectivity index (χ1) is 10.3. The van der Waals surface area contributed by atoms with E-state index in [-0.39, 0.29) is 11.3 Å². The predicted octanol–water partition coefficient (Wildman–Crippen LogP) is 0.870. The van der Waals surface area contributed by atoms with Crippen LogP contribution in [0.2, 0.25) is 0 Å². The van der Waals surface area contributed by atoms with E-state index in [4.69, 9.17) is 4.74 Å². The smallest absolute Gasteiger partial charge is 0.382 e. The molecule has 1 N–H and O–H groups in total. The Hall–Kier alpha value is -1.93. The fourth-order valence-electron chi connectivity index (χ4n) is 2.18. The van der Waals surface area contributed by atoms with Gasteiger partial charge in [0.05, 0.1) is 0 Å². The fourth-order valence-corrected chi connectivity index (χ4v) is 3.08. The lowest BCUT2D eigenvalue weighted by atomic mass is 10.2. The monoisotopic (exact) mass is 327 g/mol. The first-order valence-electron chi connectivity index (χ1n) is 6.75. The van der Waals surface area contributed by atoms with E-state index >= 15 is 0 Å². The molecule has 1 saturated heterocycles. The van der Waals surface area contributed by atoms with Gasteiger partial charge < -0.3 is 8.92 Å². The number of benzene rings is 1. The maximum absolute atomic E-state index is 12.2. The number of ether oxygens (including phenoxy) is 1. The average molecular weight is 327 g/mol. The van der Waals surface area contributed by atoms with Gasteiger partial charge in [-0.25, -0.2) is 4.79 Å². The lowest BCUT2D eigenvalue weighted by molar-refractivity contribution is -0.177. The molecule has 1 aromatic rings. The molecule has 2 rings (SSSR count). The van der Waals surface area contributed by atoms with Crippen LogP contribution >= 0.6 is 0 Å². The van der Waals surface area contributed by atoms with Crippen LogP contribution in [0.1, 0.15) is 25.3 Å². The number of nitrogens with one attached hydrogen (secondary N) is 1. The Labute approximate surface area is 128 Å². The zero-order chi connectivity index (χ0) is 16.4. The van der Waals surface area contributed by atoms with Crippen LogP contribution in [-0.4, -0.2) is 32.6 Å².